The van der Waals surface area contributed by atoms with E-state index in [4.69, 9.17) is 0 Å². The molecule has 0 radical (unpaired) electrons. The van der Waals surface area contributed by atoms with Crippen LogP contribution in [0.1, 0.15) is 55.7 Å². The summed E-state index contributed by atoms with van der Waals surface area (Å²) in [5.41, 5.74) is 3.10. The molecule has 0 bridgehead atoms. The summed E-state index contributed by atoms with van der Waals surface area (Å²) in [6.07, 6.45) is 5.75. The van der Waals surface area contributed by atoms with Gasteiger partial charge in [-0.1, -0.05) is 79.9 Å². The Morgan fingerprint density at radius 3 is 2.20 bits per heavy atom. The number of nitrogens with zero attached hydrogens (tertiary/aromatic N) is 2. The summed E-state index contributed by atoms with van der Waals surface area (Å²) in [7, 11) is -4.07. The number of amides is 2. The first-order valence-electron chi connectivity index (χ1n) is 14.5. The van der Waals surface area contributed by atoms with Crippen molar-refractivity contribution in [3.63, 3.8) is 0 Å². The summed E-state index contributed by atoms with van der Waals surface area (Å²) in [6, 6.07) is 22.8. The third kappa shape index (κ3) is 7.76. The third-order valence-corrected chi connectivity index (χ3v) is 9.62. The van der Waals surface area contributed by atoms with Crippen LogP contribution in [0.25, 0.3) is 0 Å². The molecule has 1 N–H and O–H groups in total. The molecule has 1 saturated carbocycles. The Morgan fingerprint density at radius 1 is 0.902 bits per heavy atom. The number of nitrogens with one attached hydrogen (secondary N) is 1. The Balaban J connectivity index is 1.65. The molecule has 1 fully saturated rings. The van der Waals surface area contributed by atoms with Crippen molar-refractivity contribution in [1.29, 1.82) is 0 Å². The maximum atomic E-state index is 14.1. The second kappa shape index (κ2) is 13.8. The number of carbonyl (C=O) groups excluding carboxylic acids is 2. The zero-order valence-corrected chi connectivity index (χ0v) is 25.1. The van der Waals surface area contributed by atoms with Gasteiger partial charge in [0.25, 0.3) is 10.0 Å². The molecule has 41 heavy (non-hydrogen) atoms. The van der Waals surface area contributed by atoms with Crippen LogP contribution in [0.5, 0.6) is 0 Å². The summed E-state index contributed by atoms with van der Waals surface area (Å²) in [5, 5.41) is 3.15. The highest BCUT2D eigenvalue weighted by molar-refractivity contribution is 7.92. The Morgan fingerprint density at radius 2 is 1.54 bits per heavy atom. The minimum absolute atomic E-state index is 0.104. The molecule has 0 aromatic heterocycles. The predicted molar refractivity (Wildman–Crippen MR) is 163 cm³/mol. The molecule has 1 aliphatic rings. The van der Waals surface area contributed by atoms with Crippen molar-refractivity contribution in [2.24, 2.45) is 0 Å². The second-order valence-corrected chi connectivity index (χ2v) is 12.8. The van der Waals surface area contributed by atoms with Crippen molar-refractivity contribution < 1.29 is 18.0 Å². The maximum absolute atomic E-state index is 14.1. The van der Waals surface area contributed by atoms with Gasteiger partial charge in [0.1, 0.15) is 12.6 Å². The van der Waals surface area contributed by atoms with Gasteiger partial charge in [-0.3, -0.25) is 13.9 Å². The number of benzene rings is 3. The molecule has 3 aromatic rings. The number of aryl methyl sites for hydroxylation is 2. The summed E-state index contributed by atoms with van der Waals surface area (Å²) >= 11 is 0. The molecule has 3 aromatic carbocycles. The Kier molecular flexibility index (Phi) is 10.2. The van der Waals surface area contributed by atoms with Crippen LogP contribution < -0.4 is 9.62 Å². The lowest BCUT2D eigenvalue weighted by atomic mass is 9.95. The second-order valence-electron chi connectivity index (χ2n) is 11.0. The molecular weight excluding hydrogens is 534 g/mol. The van der Waals surface area contributed by atoms with E-state index in [2.05, 4.69) is 5.32 Å². The number of sulfonamides is 1. The van der Waals surface area contributed by atoms with Crippen LogP contribution >= 0.6 is 0 Å². The van der Waals surface area contributed by atoms with Gasteiger partial charge in [-0.25, -0.2) is 8.42 Å². The van der Waals surface area contributed by atoms with Crippen molar-refractivity contribution in [3.05, 3.63) is 95.6 Å². The number of rotatable bonds is 11. The highest BCUT2D eigenvalue weighted by atomic mass is 32.2. The van der Waals surface area contributed by atoms with Gasteiger partial charge in [-0.05, 0) is 74.9 Å². The minimum atomic E-state index is -4.07. The molecule has 1 atom stereocenters. The first-order chi connectivity index (χ1) is 19.7. The zero-order valence-electron chi connectivity index (χ0n) is 24.3. The largest absolute Gasteiger partial charge is 0.352 e. The van der Waals surface area contributed by atoms with E-state index in [9.17, 15) is 18.0 Å². The molecule has 8 heteroatoms. The van der Waals surface area contributed by atoms with E-state index in [1.807, 2.05) is 56.3 Å². The average Bonchev–Trinajstić information content (AvgIpc) is 2.98. The molecule has 0 aliphatic heterocycles. The molecule has 0 saturated heterocycles. The van der Waals surface area contributed by atoms with Crippen LogP contribution in [0.2, 0.25) is 0 Å². The standard InChI is InChI=1S/C33H41N3O4S/c1-25-19-20-26(2)31(23-25)36(41(39,40)30-17-11-6-12-18-30)24-32(37)35(22-21-28-13-7-4-8-14-28)27(3)33(38)34-29-15-9-5-10-16-29/h4,6-8,11-14,17-20,23,27,29H,5,9-10,15-16,21-22,24H2,1-3H3,(H,34,38)/t27-/m0/s1. The molecule has 2 amide bonds. The van der Waals surface area contributed by atoms with Crippen LogP contribution in [-0.4, -0.2) is 50.3 Å². The van der Waals surface area contributed by atoms with Crippen molar-refractivity contribution in [3.8, 4) is 0 Å². The van der Waals surface area contributed by atoms with Crippen LogP contribution in [0.4, 0.5) is 5.69 Å². The summed E-state index contributed by atoms with van der Waals surface area (Å²) in [5.74, 6) is -0.629. The number of anilines is 1. The first kappa shape index (κ1) is 30.3. The smallest absolute Gasteiger partial charge is 0.264 e. The van der Waals surface area contributed by atoms with Crippen molar-refractivity contribution in [1.82, 2.24) is 10.2 Å². The Bertz CT molecular complexity index is 1420. The maximum Gasteiger partial charge on any atom is 0.264 e. The van der Waals surface area contributed by atoms with Gasteiger partial charge < -0.3 is 10.2 Å². The van der Waals surface area contributed by atoms with Gasteiger partial charge in [-0.15, -0.1) is 0 Å². The number of hydrogen-bond donors (Lipinski definition) is 1. The molecule has 1 aliphatic carbocycles. The molecule has 0 heterocycles. The van der Waals surface area contributed by atoms with Gasteiger partial charge in [0, 0.05) is 12.6 Å². The van der Waals surface area contributed by atoms with Gasteiger partial charge >= 0.3 is 0 Å². The summed E-state index contributed by atoms with van der Waals surface area (Å²) in [6.45, 7) is 5.32. The van der Waals surface area contributed by atoms with E-state index in [0.717, 1.165) is 42.4 Å². The van der Waals surface area contributed by atoms with Crippen LogP contribution in [0, 0.1) is 13.8 Å². The highest BCUT2D eigenvalue weighted by Gasteiger charge is 2.33. The fraction of sp³-hybridized carbons (Fsp3) is 0.394. The lowest BCUT2D eigenvalue weighted by Crippen LogP contribution is -2.53. The normalized spacial score (nSPS) is 14.7. The lowest BCUT2D eigenvalue weighted by molar-refractivity contribution is -0.139. The van der Waals surface area contributed by atoms with Gasteiger partial charge in [0.15, 0.2) is 0 Å². The number of hydrogen-bond acceptors (Lipinski definition) is 4. The van der Waals surface area contributed by atoms with Crippen LogP contribution in [-0.2, 0) is 26.0 Å². The molecule has 4 rings (SSSR count). The topological polar surface area (TPSA) is 86.8 Å². The Labute approximate surface area is 244 Å². The van der Waals surface area contributed by atoms with E-state index in [1.54, 1.807) is 31.2 Å². The predicted octanol–water partition coefficient (Wildman–Crippen LogP) is 5.41. The van der Waals surface area contributed by atoms with Crippen molar-refractivity contribution in [2.75, 3.05) is 17.4 Å². The molecule has 7 nitrogen and oxygen atoms in total. The first-order valence-corrected chi connectivity index (χ1v) is 15.9. The number of carbonyl (C=O) groups is 2. The van der Waals surface area contributed by atoms with Crippen molar-refractivity contribution >= 4 is 27.5 Å². The van der Waals surface area contributed by atoms with Gasteiger partial charge in [0.2, 0.25) is 11.8 Å². The summed E-state index contributed by atoms with van der Waals surface area (Å²) in [4.78, 5) is 29.1. The van der Waals surface area contributed by atoms with Gasteiger partial charge in [-0.2, -0.15) is 0 Å². The van der Waals surface area contributed by atoms with E-state index in [0.29, 0.717) is 12.1 Å². The summed E-state index contributed by atoms with van der Waals surface area (Å²) < 4.78 is 29.1. The van der Waals surface area contributed by atoms with Crippen LogP contribution in [0.15, 0.2) is 83.8 Å². The minimum Gasteiger partial charge on any atom is -0.352 e. The van der Waals surface area contributed by atoms with Crippen molar-refractivity contribution in [2.45, 2.75) is 76.3 Å². The quantitative estimate of drug-likeness (QED) is 0.331. The fourth-order valence-corrected chi connectivity index (χ4v) is 6.85. The molecule has 218 valence electrons. The van der Waals surface area contributed by atoms with Gasteiger partial charge in [0.05, 0.1) is 10.6 Å². The van der Waals surface area contributed by atoms with E-state index in [1.165, 1.54) is 27.8 Å². The molecule has 0 spiro atoms. The average molecular weight is 576 g/mol. The highest BCUT2D eigenvalue weighted by Crippen LogP contribution is 2.28. The third-order valence-electron chi connectivity index (χ3n) is 7.85. The fourth-order valence-electron chi connectivity index (χ4n) is 5.36. The molecule has 0 unspecified atom stereocenters. The Hall–Kier alpha value is -3.65. The molecular formula is C33H41N3O4S. The van der Waals surface area contributed by atoms with Crippen LogP contribution in [0.3, 0.4) is 0 Å². The monoisotopic (exact) mass is 575 g/mol. The van der Waals surface area contributed by atoms with E-state index >= 15 is 0 Å². The SMILES string of the molecule is Cc1ccc(C)c(N(CC(=O)N(CCc2ccccc2)[C@@H](C)C(=O)NC2CCCCC2)S(=O)(=O)c2ccccc2)c1. The lowest BCUT2D eigenvalue weighted by Gasteiger charge is -2.33. The van der Waals surface area contributed by atoms with E-state index < -0.39 is 28.5 Å². The van der Waals surface area contributed by atoms with E-state index in [-0.39, 0.29) is 23.4 Å². The zero-order chi connectivity index (χ0) is 29.4.